The number of aryl methyl sites for hydroxylation is 1. The molecule has 1 N–H and O–H groups in total. The van der Waals surface area contributed by atoms with Crippen LogP contribution in [-0.2, 0) is 7.05 Å². The molecule has 0 radical (unpaired) electrons. The van der Waals surface area contributed by atoms with Gasteiger partial charge in [0.2, 0.25) is 0 Å². The van der Waals surface area contributed by atoms with E-state index in [2.05, 4.69) is 4.99 Å². The van der Waals surface area contributed by atoms with Gasteiger partial charge in [-0.3, -0.25) is 19.6 Å². The number of phenols is 1. The molecule has 3 rings (SSSR count). The highest BCUT2D eigenvalue weighted by atomic mass is 16.6. The van der Waals surface area contributed by atoms with Crippen molar-refractivity contribution in [3.8, 4) is 11.4 Å². The van der Waals surface area contributed by atoms with E-state index in [4.69, 9.17) is 0 Å². The second-order valence-corrected chi connectivity index (χ2v) is 5.30. The third-order valence-electron chi connectivity index (χ3n) is 3.60. The van der Waals surface area contributed by atoms with Crippen molar-refractivity contribution in [2.75, 3.05) is 0 Å². The molecule has 0 amide bonds. The summed E-state index contributed by atoms with van der Waals surface area (Å²) in [5, 5.41) is 20.6. The summed E-state index contributed by atoms with van der Waals surface area (Å²) in [7, 11) is 1.71. The van der Waals surface area contributed by atoms with Gasteiger partial charge in [-0.15, -0.1) is 0 Å². The molecule has 8 heteroatoms. The van der Waals surface area contributed by atoms with Gasteiger partial charge in [-0.25, -0.2) is 9.67 Å². The summed E-state index contributed by atoms with van der Waals surface area (Å²) in [5.41, 5.74) is 0.486. The zero-order valence-electron chi connectivity index (χ0n) is 13.2. The maximum atomic E-state index is 12.5. The van der Waals surface area contributed by atoms with E-state index in [1.54, 1.807) is 30.1 Å². The Morgan fingerprint density at radius 1 is 1.20 bits per heavy atom. The lowest BCUT2D eigenvalue weighted by Gasteiger charge is -2.05. The van der Waals surface area contributed by atoms with Crippen LogP contribution in [0.3, 0.4) is 0 Å². The van der Waals surface area contributed by atoms with Gasteiger partial charge in [0.05, 0.1) is 16.8 Å². The molecule has 0 aliphatic rings. The summed E-state index contributed by atoms with van der Waals surface area (Å²) < 4.78 is 3.04. The number of benzene rings is 2. The van der Waals surface area contributed by atoms with Crippen molar-refractivity contribution in [3.63, 3.8) is 0 Å². The van der Waals surface area contributed by atoms with Crippen molar-refractivity contribution in [1.29, 1.82) is 0 Å². The average Bonchev–Trinajstić information content (AvgIpc) is 2.88. The number of nitro benzene ring substituents is 1. The summed E-state index contributed by atoms with van der Waals surface area (Å²) in [6.07, 6.45) is 2.77. The smallest absolute Gasteiger partial charge is 0.297 e. The number of para-hydroxylation sites is 1. The van der Waals surface area contributed by atoms with Gasteiger partial charge >= 0.3 is 0 Å². The normalized spacial score (nSPS) is 11.1. The number of hydrogen-bond acceptors (Lipinski definition) is 5. The highest BCUT2D eigenvalue weighted by molar-refractivity contribution is 5.86. The van der Waals surface area contributed by atoms with Gasteiger partial charge in [-0.1, -0.05) is 18.2 Å². The largest absolute Gasteiger partial charge is 0.507 e. The molecule has 1 heterocycles. The van der Waals surface area contributed by atoms with Crippen LogP contribution in [0.15, 0.2) is 64.5 Å². The minimum atomic E-state index is -0.568. The maximum Gasteiger partial charge on any atom is 0.297 e. The molecule has 126 valence electrons. The predicted octanol–water partition coefficient (Wildman–Crippen LogP) is 2.54. The highest BCUT2D eigenvalue weighted by Crippen LogP contribution is 2.22. The summed E-state index contributed by atoms with van der Waals surface area (Å²) in [4.78, 5) is 26.9. The molecule has 0 spiro atoms. The van der Waals surface area contributed by atoms with Crippen LogP contribution < -0.4 is 5.56 Å². The molecule has 0 saturated heterocycles. The number of nitrogens with zero attached hydrogens (tertiary/aromatic N) is 4. The Balaban J connectivity index is 2.00. The molecule has 2 aromatic carbocycles. The van der Waals surface area contributed by atoms with E-state index in [-0.39, 0.29) is 28.2 Å². The zero-order chi connectivity index (χ0) is 18.0. The highest BCUT2D eigenvalue weighted by Gasteiger charge is 2.11. The van der Waals surface area contributed by atoms with E-state index in [0.717, 1.165) is 0 Å². The Labute approximate surface area is 142 Å². The Hall–Kier alpha value is -3.68. The number of non-ortho nitro benzene ring substituents is 1. The summed E-state index contributed by atoms with van der Waals surface area (Å²) in [6, 6.07) is 12.7. The van der Waals surface area contributed by atoms with Crippen LogP contribution in [-0.4, -0.2) is 25.6 Å². The molecule has 0 unspecified atom stereocenters. The lowest BCUT2D eigenvalue weighted by Crippen LogP contribution is -2.18. The van der Waals surface area contributed by atoms with Crippen molar-refractivity contribution >= 4 is 17.6 Å². The number of rotatable bonds is 4. The zero-order valence-corrected chi connectivity index (χ0v) is 13.2. The van der Waals surface area contributed by atoms with Gasteiger partial charge in [-0.2, -0.15) is 0 Å². The number of aliphatic imine (C=N–C) groups is 1. The van der Waals surface area contributed by atoms with Crippen molar-refractivity contribution in [3.05, 3.63) is 80.8 Å². The molecule has 0 aliphatic carbocycles. The maximum absolute atomic E-state index is 12.5. The van der Waals surface area contributed by atoms with Crippen molar-refractivity contribution < 1.29 is 10.0 Å². The molecule has 8 nitrogen and oxygen atoms in total. The summed E-state index contributed by atoms with van der Waals surface area (Å²) in [6.45, 7) is 0. The first-order valence-corrected chi connectivity index (χ1v) is 7.33. The Morgan fingerprint density at radius 3 is 2.60 bits per heavy atom. The van der Waals surface area contributed by atoms with Gasteiger partial charge in [0.15, 0.2) is 0 Å². The topological polar surface area (TPSA) is 103 Å². The van der Waals surface area contributed by atoms with Crippen LogP contribution in [0.5, 0.6) is 5.75 Å². The predicted molar refractivity (Wildman–Crippen MR) is 93.0 cm³/mol. The molecule has 0 atom stereocenters. The fraction of sp³-hybridized carbons (Fsp3) is 0.0588. The van der Waals surface area contributed by atoms with E-state index in [1.165, 1.54) is 29.1 Å². The molecule has 0 aliphatic heterocycles. The van der Waals surface area contributed by atoms with Gasteiger partial charge < -0.3 is 5.11 Å². The molecular formula is C17H14N4O4. The quantitative estimate of drug-likeness (QED) is 0.448. The minimum Gasteiger partial charge on any atom is -0.507 e. The molecule has 1 aromatic heterocycles. The van der Waals surface area contributed by atoms with Gasteiger partial charge in [-0.05, 0) is 18.2 Å². The SMILES string of the molecule is Cn1cc(N=Cc2cc([N+](=O)[O-])ccc2O)c(=O)n1-c1ccccc1. The van der Waals surface area contributed by atoms with E-state index in [9.17, 15) is 20.0 Å². The lowest BCUT2D eigenvalue weighted by atomic mass is 10.2. The number of phenolic OH excluding ortho intramolecular Hbond substituents is 1. The minimum absolute atomic E-state index is 0.150. The Bertz CT molecular complexity index is 1020. The number of aromatic nitrogens is 2. The molecule has 0 fully saturated rings. The van der Waals surface area contributed by atoms with Crippen molar-refractivity contribution in [2.45, 2.75) is 0 Å². The fourth-order valence-corrected chi connectivity index (χ4v) is 2.40. The van der Waals surface area contributed by atoms with E-state index < -0.39 is 4.92 Å². The summed E-state index contributed by atoms with van der Waals surface area (Å²) in [5.74, 6) is -0.159. The van der Waals surface area contributed by atoms with Crippen LogP contribution in [0.1, 0.15) is 5.56 Å². The Kier molecular flexibility index (Phi) is 4.17. The first-order valence-electron chi connectivity index (χ1n) is 7.33. The van der Waals surface area contributed by atoms with Gasteiger partial charge in [0.25, 0.3) is 11.2 Å². The van der Waals surface area contributed by atoms with Crippen LogP contribution in [0.2, 0.25) is 0 Å². The first-order chi connectivity index (χ1) is 12.0. The molecule has 0 bridgehead atoms. The van der Waals surface area contributed by atoms with E-state index >= 15 is 0 Å². The van der Waals surface area contributed by atoms with Gasteiger partial charge in [0, 0.05) is 31.0 Å². The number of hydrogen-bond donors (Lipinski definition) is 1. The van der Waals surface area contributed by atoms with Crippen molar-refractivity contribution in [1.82, 2.24) is 9.36 Å². The second-order valence-electron chi connectivity index (χ2n) is 5.30. The third-order valence-corrected chi connectivity index (χ3v) is 3.60. The molecule has 3 aromatic rings. The van der Waals surface area contributed by atoms with Crippen LogP contribution >= 0.6 is 0 Å². The van der Waals surface area contributed by atoms with Gasteiger partial charge in [0.1, 0.15) is 11.4 Å². The molecule has 0 saturated carbocycles. The van der Waals surface area contributed by atoms with E-state index in [1.807, 2.05) is 18.2 Å². The monoisotopic (exact) mass is 338 g/mol. The first kappa shape index (κ1) is 16.2. The third kappa shape index (κ3) is 3.18. The Morgan fingerprint density at radius 2 is 1.92 bits per heavy atom. The standard InChI is InChI=1S/C17H14N4O4/c1-19-11-15(17(23)20(19)13-5-3-2-4-6-13)18-10-12-9-14(21(24)25)7-8-16(12)22/h2-11,22H,1H3. The number of nitro groups is 1. The van der Waals surface area contributed by atoms with Crippen LogP contribution in [0.25, 0.3) is 5.69 Å². The summed E-state index contributed by atoms with van der Waals surface area (Å²) >= 11 is 0. The van der Waals surface area contributed by atoms with Crippen molar-refractivity contribution in [2.24, 2.45) is 12.0 Å². The molecular weight excluding hydrogens is 324 g/mol. The average molecular weight is 338 g/mol. The van der Waals surface area contributed by atoms with Crippen LogP contribution in [0.4, 0.5) is 11.4 Å². The number of aromatic hydroxyl groups is 1. The second kappa shape index (κ2) is 6.44. The molecule has 25 heavy (non-hydrogen) atoms. The van der Waals surface area contributed by atoms with Crippen LogP contribution in [0, 0.1) is 10.1 Å². The lowest BCUT2D eigenvalue weighted by molar-refractivity contribution is -0.384. The van der Waals surface area contributed by atoms with E-state index in [0.29, 0.717) is 5.69 Å². The fourth-order valence-electron chi connectivity index (χ4n) is 2.40.